The van der Waals surface area contributed by atoms with Crippen LogP contribution in [0.2, 0.25) is 0 Å². The summed E-state index contributed by atoms with van der Waals surface area (Å²) in [7, 11) is 0. The van der Waals surface area contributed by atoms with Crippen LogP contribution in [0.25, 0.3) is 0 Å². The second kappa shape index (κ2) is 5.74. The first kappa shape index (κ1) is 13.6. The van der Waals surface area contributed by atoms with E-state index in [1.165, 1.54) is 0 Å². The van der Waals surface area contributed by atoms with E-state index in [1.807, 2.05) is 19.1 Å². The number of hydrogen-bond donors (Lipinski definition) is 1. The minimum atomic E-state index is -4.60. The van der Waals surface area contributed by atoms with Crippen LogP contribution in [0.4, 0.5) is 13.2 Å². The molecule has 1 atom stereocenters. The average molecular weight is 242 g/mol. The van der Waals surface area contributed by atoms with Crippen molar-refractivity contribution in [1.29, 1.82) is 0 Å². The molecule has 1 N–H and O–H groups in total. The molecule has 0 aliphatic rings. The zero-order chi connectivity index (χ0) is 12.9. The molecule has 92 valence electrons. The monoisotopic (exact) mass is 242 g/mol. The van der Waals surface area contributed by atoms with Crippen LogP contribution in [0, 0.1) is 11.8 Å². The van der Waals surface area contributed by atoms with Gasteiger partial charge in [0.2, 0.25) is 0 Å². The van der Waals surface area contributed by atoms with Crippen LogP contribution in [0.5, 0.6) is 0 Å². The minimum Gasteiger partial charge on any atom is -0.383 e. The lowest BCUT2D eigenvalue weighted by Gasteiger charge is -2.10. The molecule has 0 bridgehead atoms. The molecule has 4 heteroatoms. The SMILES string of the molecule is CCc1ccc(C#CCC(O)C(F)(F)F)cc1. The van der Waals surface area contributed by atoms with E-state index < -0.39 is 18.7 Å². The van der Waals surface area contributed by atoms with Crippen LogP contribution in [-0.4, -0.2) is 17.4 Å². The van der Waals surface area contributed by atoms with Crippen molar-refractivity contribution in [3.8, 4) is 11.8 Å². The van der Waals surface area contributed by atoms with E-state index >= 15 is 0 Å². The quantitative estimate of drug-likeness (QED) is 0.790. The van der Waals surface area contributed by atoms with E-state index in [2.05, 4.69) is 11.8 Å². The maximum absolute atomic E-state index is 12.0. The summed E-state index contributed by atoms with van der Waals surface area (Å²) in [5.41, 5.74) is 1.79. The Kier molecular flexibility index (Phi) is 4.59. The van der Waals surface area contributed by atoms with E-state index in [1.54, 1.807) is 12.1 Å². The van der Waals surface area contributed by atoms with E-state index in [4.69, 9.17) is 5.11 Å². The lowest BCUT2D eigenvalue weighted by molar-refractivity contribution is -0.201. The van der Waals surface area contributed by atoms with Crippen LogP contribution < -0.4 is 0 Å². The summed E-state index contributed by atoms with van der Waals surface area (Å²) in [5, 5.41) is 8.72. The van der Waals surface area contributed by atoms with Gasteiger partial charge in [-0.2, -0.15) is 13.2 Å². The van der Waals surface area contributed by atoms with Crippen molar-refractivity contribution in [2.45, 2.75) is 32.0 Å². The van der Waals surface area contributed by atoms with Gasteiger partial charge in [-0.25, -0.2) is 0 Å². The fourth-order valence-corrected chi connectivity index (χ4v) is 1.19. The molecule has 0 saturated carbocycles. The molecule has 1 aromatic rings. The predicted molar refractivity (Wildman–Crippen MR) is 59.4 cm³/mol. The van der Waals surface area contributed by atoms with Gasteiger partial charge in [-0.3, -0.25) is 0 Å². The van der Waals surface area contributed by atoms with Gasteiger partial charge >= 0.3 is 6.18 Å². The van der Waals surface area contributed by atoms with Crippen molar-refractivity contribution in [3.05, 3.63) is 35.4 Å². The van der Waals surface area contributed by atoms with Gasteiger partial charge in [0, 0.05) is 12.0 Å². The first-order chi connectivity index (χ1) is 7.93. The fourth-order valence-electron chi connectivity index (χ4n) is 1.19. The second-order valence-electron chi connectivity index (χ2n) is 3.61. The number of halogens is 3. The second-order valence-corrected chi connectivity index (χ2v) is 3.61. The van der Waals surface area contributed by atoms with Gasteiger partial charge in [-0.15, -0.1) is 0 Å². The molecule has 0 fully saturated rings. The van der Waals surface area contributed by atoms with E-state index in [0.29, 0.717) is 5.56 Å². The molecule has 1 aromatic carbocycles. The summed E-state index contributed by atoms with van der Waals surface area (Å²) in [6.45, 7) is 2.01. The fraction of sp³-hybridized carbons (Fsp3) is 0.385. The van der Waals surface area contributed by atoms with E-state index in [9.17, 15) is 13.2 Å². The molecule has 0 saturated heterocycles. The lowest BCUT2D eigenvalue weighted by atomic mass is 10.1. The van der Waals surface area contributed by atoms with Gasteiger partial charge in [-0.05, 0) is 24.1 Å². The summed E-state index contributed by atoms with van der Waals surface area (Å²) < 4.78 is 35.9. The molecule has 0 heterocycles. The molecular formula is C13H13F3O. The lowest BCUT2D eigenvalue weighted by Crippen LogP contribution is -2.27. The van der Waals surface area contributed by atoms with Crippen LogP contribution in [0.3, 0.4) is 0 Å². The number of aliphatic hydroxyl groups is 1. The smallest absolute Gasteiger partial charge is 0.383 e. The molecule has 0 aliphatic carbocycles. The van der Waals surface area contributed by atoms with Crippen molar-refractivity contribution in [3.63, 3.8) is 0 Å². The zero-order valence-corrected chi connectivity index (χ0v) is 9.38. The number of hydrogen-bond acceptors (Lipinski definition) is 1. The first-order valence-electron chi connectivity index (χ1n) is 5.26. The maximum atomic E-state index is 12.0. The highest BCUT2D eigenvalue weighted by Gasteiger charge is 2.37. The van der Waals surface area contributed by atoms with Crippen LogP contribution in [0.15, 0.2) is 24.3 Å². The molecule has 1 nitrogen and oxygen atoms in total. The highest BCUT2D eigenvalue weighted by Crippen LogP contribution is 2.21. The van der Waals surface area contributed by atoms with E-state index in [-0.39, 0.29) is 0 Å². The van der Waals surface area contributed by atoms with Gasteiger partial charge in [0.05, 0.1) is 0 Å². The summed E-state index contributed by atoms with van der Waals surface area (Å²) in [4.78, 5) is 0. The van der Waals surface area contributed by atoms with Gasteiger partial charge in [0.15, 0.2) is 6.10 Å². The Hall–Kier alpha value is -1.47. The Bertz CT molecular complexity index is 409. The van der Waals surface area contributed by atoms with Crippen molar-refractivity contribution < 1.29 is 18.3 Å². The Balaban J connectivity index is 2.60. The molecular weight excluding hydrogens is 229 g/mol. The third-order valence-corrected chi connectivity index (χ3v) is 2.27. The van der Waals surface area contributed by atoms with Gasteiger partial charge < -0.3 is 5.11 Å². The predicted octanol–water partition coefficient (Wildman–Crippen LogP) is 2.91. The van der Waals surface area contributed by atoms with Crippen LogP contribution in [0.1, 0.15) is 24.5 Å². The molecule has 17 heavy (non-hydrogen) atoms. The molecule has 0 radical (unpaired) electrons. The summed E-state index contributed by atoms with van der Waals surface area (Å²) >= 11 is 0. The molecule has 0 amide bonds. The van der Waals surface area contributed by atoms with Gasteiger partial charge in [0.25, 0.3) is 0 Å². The van der Waals surface area contributed by atoms with Crippen molar-refractivity contribution in [1.82, 2.24) is 0 Å². The summed E-state index contributed by atoms with van der Waals surface area (Å²) in [6, 6.07) is 7.27. The molecule has 1 rings (SSSR count). The Morgan fingerprint density at radius 1 is 1.24 bits per heavy atom. The van der Waals surface area contributed by atoms with Gasteiger partial charge in [0.1, 0.15) is 0 Å². The van der Waals surface area contributed by atoms with E-state index in [0.717, 1.165) is 12.0 Å². The van der Waals surface area contributed by atoms with Crippen LogP contribution >= 0.6 is 0 Å². The Morgan fingerprint density at radius 3 is 2.29 bits per heavy atom. The Morgan fingerprint density at radius 2 is 1.82 bits per heavy atom. The number of benzene rings is 1. The third kappa shape index (κ3) is 4.49. The minimum absolute atomic E-state index is 0.598. The molecule has 1 unspecified atom stereocenters. The number of aryl methyl sites for hydroxylation is 1. The van der Waals surface area contributed by atoms with Gasteiger partial charge in [-0.1, -0.05) is 30.9 Å². The summed E-state index contributed by atoms with van der Waals surface area (Å²) in [6.07, 6.45) is -6.66. The van der Waals surface area contributed by atoms with Crippen molar-refractivity contribution >= 4 is 0 Å². The Labute approximate surface area is 98.3 Å². The summed E-state index contributed by atoms with van der Waals surface area (Å²) in [5.74, 6) is 4.91. The first-order valence-corrected chi connectivity index (χ1v) is 5.26. The average Bonchev–Trinajstić information content (AvgIpc) is 2.28. The van der Waals surface area contributed by atoms with Crippen LogP contribution in [-0.2, 0) is 6.42 Å². The maximum Gasteiger partial charge on any atom is 0.415 e. The van der Waals surface area contributed by atoms with Crippen molar-refractivity contribution in [2.75, 3.05) is 0 Å². The number of alkyl halides is 3. The number of aliphatic hydroxyl groups excluding tert-OH is 1. The topological polar surface area (TPSA) is 20.2 Å². The molecule has 0 aliphatic heterocycles. The third-order valence-electron chi connectivity index (χ3n) is 2.27. The number of rotatable bonds is 2. The largest absolute Gasteiger partial charge is 0.415 e. The highest BCUT2D eigenvalue weighted by atomic mass is 19.4. The molecule has 0 aromatic heterocycles. The zero-order valence-electron chi connectivity index (χ0n) is 9.38. The highest BCUT2D eigenvalue weighted by molar-refractivity contribution is 5.36. The van der Waals surface area contributed by atoms with Crippen molar-refractivity contribution in [2.24, 2.45) is 0 Å². The normalized spacial score (nSPS) is 12.8. The standard InChI is InChI=1S/C13H13F3O/c1-2-10-6-8-11(9-7-10)4-3-5-12(17)13(14,15)16/h6-9,12,17H,2,5H2,1H3. The molecule has 0 spiro atoms.